The van der Waals surface area contributed by atoms with Gasteiger partial charge in [0.2, 0.25) is 5.95 Å². The zero-order valence-electron chi connectivity index (χ0n) is 30.5. The molecule has 0 atom stereocenters. The molecular formula is C51H31N5O. The quantitative estimate of drug-likeness (QED) is 0.177. The van der Waals surface area contributed by atoms with Gasteiger partial charge in [0.05, 0.1) is 33.1 Å². The van der Waals surface area contributed by atoms with E-state index >= 15 is 0 Å². The lowest BCUT2D eigenvalue weighted by Gasteiger charge is -2.11. The molecule has 4 heterocycles. The Bertz CT molecular complexity index is 3470. The maximum absolute atomic E-state index is 6.71. The second kappa shape index (κ2) is 12.3. The minimum atomic E-state index is 0.560. The molecule has 0 aliphatic carbocycles. The summed E-state index contributed by atoms with van der Waals surface area (Å²) in [5, 5.41) is 6.79. The summed E-state index contributed by atoms with van der Waals surface area (Å²) < 4.78 is 11.2. The largest absolute Gasteiger partial charge is 0.456 e. The molecule has 6 heteroatoms. The Morgan fingerprint density at radius 3 is 1.56 bits per heavy atom. The van der Waals surface area contributed by atoms with Crippen molar-refractivity contribution >= 4 is 65.6 Å². The normalized spacial score (nSPS) is 11.9. The van der Waals surface area contributed by atoms with E-state index in [1.807, 2.05) is 30.3 Å². The van der Waals surface area contributed by atoms with Gasteiger partial charge in [-0.2, -0.15) is 9.97 Å². The molecule has 8 aromatic carbocycles. The van der Waals surface area contributed by atoms with Crippen molar-refractivity contribution in [2.75, 3.05) is 0 Å². The van der Waals surface area contributed by atoms with Gasteiger partial charge in [0, 0.05) is 38.1 Å². The summed E-state index contributed by atoms with van der Waals surface area (Å²) in [5.74, 6) is 1.73. The fourth-order valence-electron chi connectivity index (χ4n) is 8.62. The third-order valence-electron chi connectivity index (χ3n) is 11.2. The van der Waals surface area contributed by atoms with Crippen molar-refractivity contribution in [2.45, 2.75) is 0 Å². The van der Waals surface area contributed by atoms with Gasteiger partial charge in [-0.25, -0.2) is 4.98 Å². The Balaban J connectivity index is 1.07. The third-order valence-corrected chi connectivity index (χ3v) is 11.2. The number of furan rings is 1. The monoisotopic (exact) mass is 729 g/mol. The predicted octanol–water partition coefficient (Wildman–Crippen LogP) is 13.0. The molecule has 0 spiro atoms. The highest BCUT2D eigenvalue weighted by atomic mass is 16.3. The van der Waals surface area contributed by atoms with Gasteiger partial charge in [-0.1, -0.05) is 140 Å². The minimum Gasteiger partial charge on any atom is -0.456 e. The number of benzene rings is 8. The van der Waals surface area contributed by atoms with Crippen LogP contribution in [0.25, 0.3) is 111 Å². The molecular weight excluding hydrogens is 699 g/mol. The summed E-state index contributed by atoms with van der Waals surface area (Å²) in [5.41, 5.74) is 11.1. The molecule has 0 N–H and O–H groups in total. The molecule has 0 unspecified atom stereocenters. The summed E-state index contributed by atoms with van der Waals surface area (Å²) in [6.07, 6.45) is 0. The predicted molar refractivity (Wildman–Crippen MR) is 232 cm³/mol. The maximum atomic E-state index is 6.71. The van der Waals surface area contributed by atoms with Crippen molar-refractivity contribution < 1.29 is 4.42 Å². The molecule has 0 aliphatic rings. The van der Waals surface area contributed by atoms with Crippen LogP contribution in [0.3, 0.4) is 0 Å². The van der Waals surface area contributed by atoms with E-state index in [1.165, 1.54) is 21.9 Å². The highest BCUT2D eigenvalue weighted by molar-refractivity contribution is 6.15. The number of hydrogen-bond acceptors (Lipinski definition) is 4. The minimum absolute atomic E-state index is 0.560. The average Bonchev–Trinajstić information content (AvgIpc) is 3.94. The molecule has 0 radical (unpaired) electrons. The van der Waals surface area contributed by atoms with Crippen molar-refractivity contribution in [1.29, 1.82) is 0 Å². The van der Waals surface area contributed by atoms with E-state index in [1.54, 1.807) is 0 Å². The number of hydrogen-bond donors (Lipinski definition) is 0. The van der Waals surface area contributed by atoms with E-state index in [9.17, 15) is 0 Å². The molecule has 0 saturated carbocycles. The van der Waals surface area contributed by atoms with Gasteiger partial charge in [-0.15, -0.1) is 0 Å². The summed E-state index contributed by atoms with van der Waals surface area (Å²) in [7, 11) is 0. The number of nitrogens with zero attached hydrogens (tertiary/aromatic N) is 5. The Morgan fingerprint density at radius 1 is 0.333 bits per heavy atom. The number of fused-ring (bicyclic) bond motifs is 9. The molecule has 0 fully saturated rings. The smallest absolute Gasteiger partial charge is 0.238 e. The van der Waals surface area contributed by atoms with E-state index in [4.69, 9.17) is 19.4 Å². The molecule has 57 heavy (non-hydrogen) atoms. The number of rotatable bonds is 5. The lowest BCUT2D eigenvalue weighted by molar-refractivity contribution is 0.669. The van der Waals surface area contributed by atoms with Crippen LogP contribution >= 0.6 is 0 Å². The van der Waals surface area contributed by atoms with Crippen molar-refractivity contribution in [3.8, 4) is 45.5 Å². The van der Waals surface area contributed by atoms with Crippen molar-refractivity contribution in [2.24, 2.45) is 0 Å². The van der Waals surface area contributed by atoms with Crippen molar-refractivity contribution in [1.82, 2.24) is 24.1 Å². The topological polar surface area (TPSA) is 61.7 Å². The summed E-state index contributed by atoms with van der Waals surface area (Å²) in [6.45, 7) is 0. The van der Waals surface area contributed by atoms with Crippen LogP contribution in [-0.2, 0) is 0 Å². The third kappa shape index (κ3) is 4.87. The highest BCUT2D eigenvalue weighted by Crippen LogP contribution is 2.41. The standard InChI is InChI=1S/C51H31N5O/c1-3-14-32(15-4-1)34-26-28-39-38-20-7-10-21-41(38)55(45(39)30-34)44-24-13-25-46-48(44)40-29-27-35(31-47(40)57-46)50-52-49(33-16-5-2-6-17-33)53-51(54-50)56-42-22-11-8-18-36(42)37-19-9-12-23-43(37)56/h1-31H. The Morgan fingerprint density at radius 2 is 0.877 bits per heavy atom. The first kappa shape index (κ1) is 31.5. The van der Waals surface area contributed by atoms with Gasteiger partial charge >= 0.3 is 0 Å². The van der Waals surface area contributed by atoms with E-state index < -0.39 is 0 Å². The Labute approximate surface area is 326 Å². The fourth-order valence-corrected chi connectivity index (χ4v) is 8.62. The van der Waals surface area contributed by atoms with E-state index in [2.05, 4.69) is 167 Å². The molecule has 0 aliphatic heterocycles. The molecule has 0 saturated heterocycles. The average molecular weight is 730 g/mol. The summed E-state index contributed by atoms with van der Waals surface area (Å²) >= 11 is 0. The molecule has 6 nitrogen and oxygen atoms in total. The maximum Gasteiger partial charge on any atom is 0.238 e. The van der Waals surface area contributed by atoms with Gasteiger partial charge in [-0.05, 0) is 59.7 Å². The SMILES string of the molecule is c1ccc(-c2ccc3c4ccccc4n(-c4cccc5oc6cc(-c7nc(-c8ccccc8)nc(-n8c9ccccc9c9ccccc98)n7)ccc6c45)c3c2)cc1. The van der Waals surface area contributed by atoms with Gasteiger partial charge in [-0.3, -0.25) is 4.57 Å². The van der Waals surface area contributed by atoms with Gasteiger partial charge in [0.25, 0.3) is 0 Å². The lowest BCUT2D eigenvalue weighted by atomic mass is 10.0. The Hall–Kier alpha value is -7.83. The van der Waals surface area contributed by atoms with E-state index in [0.29, 0.717) is 17.6 Å². The second-order valence-electron chi connectivity index (χ2n) is 14.4. The summed E-state index contributed by atoms with van der Waals surface area (Å²) in [4.78, 5) is 15.4. The molecule has 12 rings (SSSR count). The summed E-state index contributed by atoms with van der Waals surface area (Å²) in [6, 6.07) is 65.6. The van der Waals surface area contributed by atoms with Crippen LogP contribution in [-0.4, -0.2) is 24.1 Å². The van der Waals surface area contributed by atoms with Gasteiger partial charge in [0.1, 0.15) is 11.2 Å². The van der Waals surface area contributed by atoms with Crippen LogP contribution in [0, 0.1) is 0 Å². The zero-order chi connectivity index (χ0) is 37.5. The first-order chi connectivity index (χ1) is 28.3. The lowest BCUT2D eigenvalue weighted by Crippen LogP contribution is -2.06. The number of para-hydroxylation sites is 3. The molecule has 0 bridgehead atoms. The fraction of sp³-hybridized carbons (Fsp3) is 0. The van der Waals surface area contributed by atoms with Crippen LogP contribution in [0.5, 0.6) is 0 Å². The van der Waals surface area contributed by atoms with Crippen molar-refractivity contribution in [3.05, 3.63) is 188 Å². The molecule has 4 aromatic heterocycles. The highest BCUT2D eigenvalue weighted by Gasteiger charge is 2.21. The van der Waals surface area contributed by atoms with Crippen molar-refractivity contribution in [3.63, 3.8) is 0 Å². The Kier molecular flexibility index (Phi) is 6.83. The van der Waals surface area contributed by atoms with Crippen LogP contribution in [0.4, 0.5) is 0 Å². The van der Waals surface area contributed by atoms with Crippen LogP contribution in [0.2, 0.25) is 0 Å². The van der Waals surface area contributed by atoms with Gasteiger partial charge in [0.15, 0.2) is 11.6 Å². The zero-order valence-corrected chi connectivity index (χ0v) is 30.5. The molecule has 0 amide bonds. The second-order valence-corrected chi connectivity index (χ2v) is 14.4. The first-order valence-electron chi connectivity index (χ1n) is 19.1. The molecule has 12 aromatic rings. The van der Waals surface area contributed by atoms with E-state index in [0.717, 1.165) is 71.6 Å². The number of aromatic nitrogens is 5. The van der Waals surface area contributed by atoms with Gasteiger partial charge < -0.3 is 8.98 Å². The van der Waals surface area contributed by atoms with Crippen LogP contribution in [0.1, 0.15) is 0 Å². The van der Waals surface area contributed by atoms with Crippen LogP contribution < -0.4 is 0 Å². The van der Waals surface area contributed by atoms with Crippen LogP contribution in [0.15, 0.2) is 192 Å². The molecule has 266 valence electrons. The van der Waals surface area contributed by atoms with E-state index in [-0.39, 0.29) is 0 Å². The first-order valence-corrected chi connectivity index (χ1v) is 19.1.